The number of piperazine rings is 1. The molecule has 1 atom stereocenters. The second-order valence-electron chi connectivity index (χ2n) is 7.00. The highest BCUT2D eigenvalue weighted by Crippen LogP contribution is 2.19. The van der Waals surface area contributed by atoms with E-state index in [4.69, 9.17) is 0 Å². The van der Waals surface area contributed by atoms with Crippen LogP contribution in [0.1, 0.15) is 47.7 Å². The minimum Gasteiger partial charge on any atom is -0.367 e. The first-order valence-electron chi connectivity index (χ1n) is 9.37. The van der Waals surface area contributed by atoms with Crippen molar-refractivity contribution in [2.24, 2.45) is 0 Å². The third-order valence-corrected chi connectivity index (χ3v) is 5.28. The molecule has 138 valence electrons. The molecule has 2 heterocycles. The molecule has 5 nitrogen and oxygen atoms in total. The van der Waals surface area contributed by atoms with Crippen LogP contribution in [0, 0.1) is 0 Å². The first-order chi connectivity index (χ1) is 12.6. The Morgan fingerprint density at radius 1 is 1.04 bits per heavy atom. The van der Waals surface area contributed by atoms with Crippen LogP contribution in [-0.2, 0) is 11.2 Å². The highest BCUT2D eigenvalue weighted by Gasteiger charge is 2.25. The van der Waals surface area contributed by atoms with Crippen LogP contribution >= 0.6 is 0 Å². The monoisotopic (exact) mass is 353 g/mol. The van der Waals surface area contributed by atoms with Crippen molar-refractivity contribution in [2.75, 3.05) is 26.2 Å². The van der Waals surface area contributed by atoms with Crippen molar-refractivity contribution >= 4 is 11.8 Å². The van der Waals surface area contributed by atoms with Crippen molar-refractivity contribution in [3.8, 4) is 0 Å². The van der Waals surface area contributed by atoms with Crippen molar-refractivity contribution in [1.29, 1.82) is 0 Å². The Bertz CT molecular complexity index is 729. The van der Waals surface area contributed by atoms with Gasteiger partial charge in [0.05, 0.1) is 6.42 Å². The van der Waals surface area contributed by atoms with Gasteiger partial charge in [0.2, 0.25) is 5.91 Å². The lowest BCUT2D eigenvalue weighted by atomic mass is 9.97. The summed E-state index contributed by atoms with van der Waals surface area (Å²) in [5.74, 6) is 0.682. The lowest BCUT2D eigenvalue weighted by molar-refractivity contribution is -0.131. The van der Waals surface area contributed by atoms with Gasteiger partial charge < -0.3 is 14.8 Å². The summed E-state index contributed by atoms with van der Waals surface area (Å²) < 4.78 is 0. The van der Waals surface area contributed by atoms with Gasteiger partial charge in [0, 0.05) is 44.1 Å². The van der Waals surface area contributed by atoms with Crippen LogP contribution in [0.4, 0.5) is 0 Å². The van der Waals surface area contributed by atoms with E-state index in [2.05, 4.69) is 31.0 Å². The van der Waals surface area contributed by atoms with Crippen molar-refractivity contribution in [3.05, 3.63) is 59.4 Å². The van der Waals surface area contributed by atoms with E-state index in [0.717, 1.165) is 17.5 Å². The minimum absolute atomic E-state index is 0.0541. The molecule has 3 rings (SSSR count). The number of carbonyl (C=O) groups excluding carboxylic acids is 2. The summed E-state index contributed by atoms with van der Waals surface area (Å²) in [7, 11) is 0. The van der Waals surface area contributed by atoms with Crippen LogP contribution in [0.3, 0.4) is 0 Å². The number of benzene rings is 1. The summed E-state index contributed by atoms with van der Waals surface area (Å²) in [6.45, 7) is 6.73. The molecule has 0 bridgehead atoms. The number of nitrogens with zero attached hydrogens (tertiary/aromatic N) is 2. The maximum absolute atomic E-state index is 12.7. The molecule has 2 amide bonds. The zero-order chi connectivity index (χ0) is 18.5. The van der Waals surface area contributed by atoms with Crippen molar-refractivity contribution < 1.29 is 9.59 Å². The summed E-state index contributed by atoms with van der Waals surface area (Å²) in [6.07, 6.45) is 5.17. The fourth-order valence-corrected chi connectivity index (χ4v) is 3.29. The van der Waals surface area contributed by atoms with E-state index in [1.807, 2.05) is 40.4 Å². The van der Waals surface area contributed by atoms with Gasteiger partial charge in [0.15, 0.2) is 0 Å². The maximum atomic E-state index is 12.7. The molecule has 0 spiro atoms. The first kappa shape index (κ1) is 18.2. The van der Waals surface area contributed by atoms with E-state index >= 15 is 0 Å². The lowest BCUT2D eigenvalue weighted by Crippen LogP contribution is -2.51. The number of aromatic nitrogens is 1. The number of nitrogens with one attached hydrogen (secondary N) is 1. The standard InChI is InChI=1S/C21H27N3O2/c1-3-16(2)18-4-6-19(7-5-18)21(26)24-12-10-23(11-13-24)20(25)14-17-8-9-22-15-17/h4-9,15-16,22H,3,10-14H2,1-2H3. The maximum Gasteiger partial charge on any atom is 0.253 e. The lowest BCUT2D eigenvalue weighted by Gasteiger charge is -2.35. The fourth-order valence-electron chi connectivity index (χ4n) is 3.29. The Labute approximate surface area is 155 Å². The molecule has 0 radical (unpaired) electrons. The molecule has 0 saturated carbocycles. The van der Waals surface area contributed by atoms with Gasteiger partial charge >= 0.3 is 0 Å². The molecule has 1 aromatic heterocycles. The average molecular weight is 353 g/mol. The van der Waals surface area contributed by atoms with E-state index in [-0.39, 0.29) is 11.8 Å². The number of aromatic amines is 1. The summed E-state index contributed by atoms with van der Waals surface area (Å²) in [6, 6.07) is 9.87. The summed E-state index contributed by atoms with van der Waals surface area (Å²) in [5, 5.41) is 0. The molecule has 1 unspecified atom stereocenters. The highest BCUT2D eigenvalue weighted by molar-refractivity contribution is 5.94. The van der Waals surface area contributed by atoms with E-state index in [1.165, 1.54) is 5.56 Å². The molecule has 1 fully saturated rings. The van der Waals surface area contributed by atoms with Crippen LogP contribution in [0.25, 0.3) is 0 Å². The molecule has 2 aromatic rings. The van der Waals surface area contributed by atoms with Gasteiger partial charge in [-0.1, -0.05) is 26.0 Å². The smallest absolute Gasteiger partial charge is 0.253 e. The average Bonchev–Trinajstić information content (AvgIpc) is 3.20. The van der Waals surface area contributed by atoms with E-state index in [1.54, 1.807) is 0 Å². The molecule has 1 N–H and O–H groups in total. The summed E-state index contributed by atoms with van der Waals surface area (Å²) in [4.78, 5) is 31.7. The van der Waals surface area contributed by atoms with Crippen LogP contribution in [-0.4, -0.2) is 52.8 Å². The summed E-state index contributed by atoms with van der Waals surface area (Å²) >= 11 is 0. The van der Waals surface area contributed by atoms with Crippen molar-refractivity contribution in [1.82, 2.24) is 14.8 Å². The largest absolute Gasteiger partial charge is 0.367 e. The molecule has 5 heteroatoms. The van der Waals surface area contributed by atoms with Gasteiger partial charge in [0.1, 0.15) is 0 Å². The minimum atomic E-state index is 0.0541. The van der Waals surface area contributed by atoms with Crippen molar-refractivity contribution in [2.45, 2.75) is 32.6 Å². The normalized spacial score (nSPS) is 15.8. The third kappa shape index (κ3) is 4.15. The zero-order valence-corrected chi connectivity index (χ0v) is 15.6. The Morgan fingerprint density at radius 2 is 1.69 bits per heavy atom. The van der Waals surface area contributed by atoms with E-state index in [0.29, 0.717) is 38.5 Å². The molecular formula is C21H27N3O2. The molecule has 1 aliphatic rings. The zero-order valence-electron chi connectivity index (χ0n) is 15.6. The van der Waals surface area contributed by atoms with E-state index in [9.17, 15) is 9.59 Å². The van der Waals surface area contributed by atoms with Crippen LogP contribution < -0.4 is 0 Å². The summed E-state index contributed by atoms with van der Waals surface area (Å²) in [5.41, 5.74) is 2.99. The predicted molar refractivity (Wildman–Crippen MR) is 102 cm³/mol. The second-order valence-corrected chi connectivity index (χ2v) is 7.00. The van der Waals surface area contributed by atoms with Gasteiger partial charge in [-0.3, -0.25) is 9.59 Å². The number of amides is 2. The van der Waals surface area contributed by atoms with Gasteiger partial charge in [-0.25, -0.2) is 0 Å². The topological polar surface area (TPSA) is 56.4 Å². The fraction of sp³-hybridized carbons (Fsp3) is 0.429. The second kappa shape index (κ2) is 8.21. The Hall–Kier alpha value is -2.56. The van der Waals surface area contributed by atoms with Gasteiger partial charge in [-0.2, -0.15) is 0 Å². The predicted octanol–water partition coefficient (Wildman–Crippen LogP) is 3.06. The quantitative estimate of drug-likeness (QED) is 0.898. The first-order valence-corrected chi connectivity index (χ1v) is 9.37. The Kier molecular flexibility index (Phi) is 5.76. The van der Waals surface area contributed by atoms with Gasteiger partial charge in [-0.15, -0.1) is 0 Å². The Balaban J connectivity index is 1.54. The SMILES string of the molecule is CCC(C)c1ccc(C(=O)N2CCN(C(=O)Cc3cc[nH]c3)CC2)cc1. The Morgan fingerprint density at radius 3 is 2.27 bits per heavy atom. The molecule has 0 aliphatic carbocycles. The van der Waals surface area contributed by atoms with E-state index < -0.39 is 0 Å². The molecule has 1 saturated heterocycles. The highest BCUT2D eigenvalue weighted by atomic mass is 16.2. The van der Waals surface area contributed by atoms with Gasteiger partial charge in [-0.05, 0) is 41.7 Å². The molecule has 1 aromatic carbocycles. The number of rotatable bonds is 5. The molecule has 26 heavy (non-hydrogen) atoms. The van der Waals surface area contributed by atoms with Crippen LogP contribution in [0.5, 0.6) is 0 Å². The molecule has 1 aliphatic heterocycles. The number of hydrogen-bond acceptors (Lipinski definition) is 2. The van der Waals surface area contributed by atoms with Crippen molar-refractivity contribution in [3.63, 3.8) is 0 Å². The number of carbonyl (C=O) groups is 2. The molecular weight excluding hydrogens is 326 g/mol. The van der Waals surface area contributed by atoms with Crippen LogP contribution in [0.2, 0.25) is 0 Å². The third-order valence-electron chi connectivity index (χ3n) is 5.28. The number of H-pyrrole nitrogens is 1. The van der Waals surface area contributed by atoms with Crippen LogP contribution in [0.15, 0.2) is 42.7 Å². The van der Waals surface area contributed by atoms with Gasteiger partial charge in [0.25, 0.3) is 5.91 Å². The number of hydrogen-bond donors (Lipinski definition) is 1.